The topological polar surface area (TPSA) is 88.0 Å². The lowest BCUT2D eigenvalue weighted by Crippen LogP contribution is -2.17. The van der Waals surface area contributed by atoms with Crippen molar-refractivity contribution < 1.29 is 18.3 Å². The molecule has 2 aromatic rings. The van der Waals surface area contributed by atoms with Gasteiger partial charge >= 0.3 is 0 Å². The van der Waals surface area contributed by atoms with Gasteiger partial charge in [-0.1, -0.05) is 17.7 Å². The summed E-state index contributed by atoms with van der Waals surface area (Å²) in [6.07, 6.45) is 1.20. The van der Waals surface area contributed by atoms with Crippen LogP contribution in [0.15, 0.2) is 39.0 Å². The molecule has 0 aliphatic rings. The summed E-state index contributed by atoms with van der Waals surface area (Å²) in [4.78, 5) is 2.07. The molecule has 21 heavy (non-hydrogen) atoms. The minimum Gasteiger partial charge on any atom is -0.503 e. The van der Waals surface area contributed by atoms with Crippen LogP contribution in [0.4, 0.5) is 0 Å². The van der Waals surface area contributed by atoms with Crippen LogP contribution >= 0.6 is 22.9 Å². The standard InChI is InChI=1S/C12H11ClN2O4S2/c1-19-9-5-4-8(11(13)12(9)16)7-14-15-21(17,18)10-3-2-6-20-10/h2-7,15-16H,1H3/b14-7+. The van der Waals surface area contributed by atoms with Gasteiger partial charge in [0, 0.05) is 5.56 Å². The third-order valence-electron chi connectivity index (χ3n) is 2.47. The van der Waals surface area contributed by atoms with Crippen LogP contribution in [0, 0.1) is 0 Å². The lowest BCUT2D eigenvalue weighted by atomic mass is 10.2. The van der Waals surface area contributed by atoms with Crippen molar-refractivity contribution in [3.63, 3.8) is 0 Å². The molecule has 0 fully saturated rings. The number of phenols is 1. The first-order valence-corrected chi connectivity index (χ1v) is 8.33. The van der Waals surface area contributed by atoms with Crippen molar-refractivity contribution in [2.24, 2.45) is 5.10 Å². The van der Waals surface area contributed by atoms with Crippen molar-refractivity contribution in [2.45, 2.75) is 4.21 Å². The Labute approximate surface area is 130 Å². The van der Waals surface area contributed by atoms with Gasteiger partial charge in [-0.2, -0.15) is 18.4 Å². The third-order valence-corrected chi connectivity index (χ3v) is 5.48. The molecule has 9 heteroatoms. The number of thiophene rings is 1. The molecule has 0 unspecified atom stereocenters. The van der Waals surface area contributed by atoms with E-state index in [-0.39, 0.29) is 20.7 Å². The van der Waals surface area contributed by atoms with E-state index >= 15 is 0 Å². The number of hydrogen-bond donors (Lipinski definition) is 2. The van der Waals surface area contributed by atoms with Crippen molar-refractivity contribution in [1.29, 1.82) is 0 Å². The number of halogens is 1. The number of aromatic hydroxyl groups is 1. The first-order valence-electron chi connectivity index (χ1n) is 5.59. The summed E-state index contributed by atoms with van der Waals surface area (Å²) < 4.78 is 28.7. The van der Waals surface area contributed by atoms with Crippen LogP contribution in [-0.2, 0) is 10.0 Å². The highest BCUT2D eigenvalue weighted by Gasteiger charge is 2.14. The maximum atomic E-state index is 11.8. The minimum absolute atomic E-state index is 0.0217. The van der Waals surface area contributed by atoms with Gasteiger partial charge in [0.25, 0.3) is 10.0 Å². The zero-order chi connectivity index (χ0) is 15.5. The maximum Gasteiger partial charge on any atom is 0.286 e. The van der Waals surface area contributed by atoms with Crippen molar-refractivity contribution in [3.8, 4) is 11.5 Å². The number of nitrogens with zero attached hydrogens (tertiary/aromatic N) is 1. The van der Waals surface area contributed by atoms with Crippen LogP contribution in [0.25, 0.3) is 0 Å². The number of sulfonamides is 1. The van der Waals surface area contributed by atoms with E-state index in [1.54, 1.807) is 17.5 Å². The fourth-order valence-electron chi connectivity index (χ4n) is 1.45. The largest absolute Gasteiger partial charge is 0.503 e. The van der Waals surface area contributed by atoms with Gasteiger partial charge in [0.15, 0.2) is 11.5 Å². The normalized spacial score (nSPS) is 11.7. The van der Waals surface area contributed by atoms with Gasteiger partial charge in [-0.25, -0.2) is 0 Å². The molecule has 2 rings (SSSR count). The van der Waals surface area contributed by atoms with Crippen molar-refractivity contribution in [3.05, 3.63) is 40.2 Å². The molecular formula is C12H11ClN2O4S2. The molecule has 0 saturated carbocycles. The number of hydrazone groups is 1. The van der Waals surface area contributed by atoms with Crippen LogP contribution < -0.4 is 9.57 Å². The highest BCUT2D eigenvalue weighted by molar-refractivity contribution is 7.91. The van der Waals surface area contributed by atoms with Crippen molar-refractivity contribution >= 4 is 39.2 Å². The first-order chi connectivity index (χ1) is 9.95. The summed E-state index contributed by atoms with van der Waals surface area (Å²) in [6, 6.07) is 6.14. The maximum absolute atomic E-state index is 11.8. The molecule has 0 aliphatic carbocycles. The van der Waals surface area contributed by atoms with Crippen LogP contribution in [0.3, 0.4) is 0 Å². The molecule has 0 saturated heterocycles. The molecular weight excluding hydrogens is 336 g/mol. The van der Waals surface area contributed by atoms with Crippen LogP contribution in [0.2, 0.25) is 5.02 Å². The SMILES string of the molecule is COc1ccc(/C=N/NS(=O)(=O)c2cccs2)c(Cl)c1O. The predicted octanol–water partition coefficient (Wildman–Crippen LogP) is 2.43. The second kappa shape index (κ2) is 6.33. The number of rotatable bonds is 5. The fourth-order valence-corrected chi connectivity index (χ4v) is 3.43. The van der Waals surface area contributed by atoms with Gasteiger partial charge in [0.05, 0.1) is 18.3 Å². The Hall–Kier alpha value is -1.77. The van der Waals surface area contributed by atoms with E-state index in [1.807, 2.05) is 0 Å². The van der Waals surface area contributed by atoms with Crippen molar-refractivity contribution in [2.75, 3.05) is 7.11 Å². The Morgan fingerprint density at radius 2 is 2.19 bits per heavy atom. The Morgan fingerprint density at radius 1 is 1.43 bits per heavy atom. The van der Waals surface area contributed by atoms with E-state index in [0.29, 0.717) is 5.56 Å². The van der Waals surface area contributed by atoms with E-state index in [1.165, 1.54) is 25.5 Å². The zero-order valence-corrected chi connectivity index (χ0v) is 13.2. The van der Waals surface area contributed by atoms with Crippen LogP contribution in [0.5, 0.6) is 11.5 Å². The molecule has 1 aromatic carbocycles. The van der Waals surface area contributed by atoms with E-state index in [2.05, 4.69) is 9.93 Å². The molecule has 2 N–H and O–H groups in total. The van der Waals surface area contributed by atoms with Gasteiger partial charge in [-0.15, -0.1) is 11.3 Å². The average Bonchev–Trinajstić information content (AvgIpc) is 2.98. The van der Waals surface area contributed by atoms with Gasteiger partial charge in [-0.05, 0) is 23.6 Å². The van der Waals surface area contributed by atoms with E-state index in [0.717, 1.165) is 11.3 Å². The summed E-state index contributed by atoms with van der Waals surface area (Å²) in [6.45, 7) is 0. The third kappa shape index (κ3) is 3.46. The molecule has 0 atom stereocenters. The van der Waals surface area contributed by atoms with Gasteiger partial charge in [0.1, 0.15) is 4.21 Å². The fraction of sp³-hybridized carbons (Fsp3) is 0.0833. The molecule has 0 amide bonds. The number of methoxy groups -OCH3 is 1. The molecule has 0 bridgehead atoms. The molecule has 1 heterocycles. The molecule has 1 aromatic heterocycles. The number of hydrogen-bond acceptors (Lipinski definition) is 6. The molecule has 0 spiro atoms. The minimum atomic E-state index is -3.68. The van der Waals surface area contributed by atoms with Crippen LogP contribution in [0.1, 0.15) is 5.56 Å². The lowest BCUT2D eigenvalue weighted by molar-refractivity contribution is 0.373. The Morgan fingerprint density at radius 3 is 2.81 bits per heavy atom. The number of ether oxygens (including phenoxy) is 1. The number of phenolic OH excluding ortho intramolecular Hbond substituents is 1. The number of benzene rings is 1. The molecule has 0 radical (unpaired) electrons. The quantitative estimate of drug-likeness (QED) is 0.643. The number of nitrogens with one attached hydrogen (secondary N) is 1. The van der Waals surface area contributed by atoms with Gasteiger partial charge in [-0.3, -0.25) is 0 Å². The van der Waals surface area contributed by atoms with Gasteiger partial charge < -0.3 is 9.84 Å². The second-order valence-corrected chi connectivity index (χ2v) is 7.02. The Kier molecular flexibility index (Phi) is 4.71. The summed E-state index contributed by atoms with van der Waals surface area (Å²) in [5, 5.41) is 15.0. The van der Waals surface area contributed by atoms with E-state index < -0.39 is 10.0 Å². The Balaban J connectivity index is 2.18. The highest BCUT2D eigenvalue weighted by Crippen LogP contribution is 2.35. The predicted molar refractivity (Wildman–Crippen MR) is 81.9 cm³/mol. The summed E-state index contributed by atoms with van der Waals surface area (Å²) in [5.41, 5.74) is 0.351. The molecule has 6 nitrogen and oxygen atoms in total. The second-order valence-electron chi connectivity index (χ2n) is 3.80. The first kappa shape index (κ1) is 15.6. The highest BCUT2D eigenvalue weighted by atomic mass is 35.5. The molecule has 112 valence electrons. The summed E-state index contributed by atoms with van der Waals surface area (Å²) in [7, 11) is -2.29. The van der Waals surface area contributed by atoms with Gasteiger partial charge in [0.2, 0.25) is 0 Å². The average molecular weight is 347 g/mol. The van der Waals surface area contributed by atoms with E-state index in [9.17, 15) is 13.5 Å². The molecule has 0 aliphatic heterocycles. The zero-order valence-electron chi connectivity index (χ0n) is 10.8. The van der Waals surface area contributed by atoms with Crippen LogP contribution in [-0.4, -0.2) is 26.8 Å². The summed E-state index contributed by atoms with van der Waals surface area (Å²) in [5.74, 6) is -0.0134. The van der Waals surface area contributed by atoms with E-state index in [4.69, 9.17) is 16.3 Å². The summed E-state index contributed by atoms with van der Waals surface area (Å²) >= 11 is 7.01. The van der Waals surface area contributed by atoms with Crippen molar-refractivity contribution in [1.82, 2.24) is 4.83 Å². The monoisotopic (exact) mass is 346 g/mol. The lowest BCUT2D eigenvalue weighted by Gasteiger charge is -2.06. The Bertz CT molecular complexity index is 758. The smallest absolute Gasteiger partial charge is 0.286 e.